The van der Waals surface area contributed by atoms with Gasteiger partial charge in [0.05, 0.1) is 27.4 Å². The summed E-state index contributed by atoms with van der Waals surface area (Å²) in [4.78, 5) is 24.4. The van der Waals surface area contributed by atoms with Crippen LogP contribution in [0, 0.1) is 0 Å². The zero-order chi connectivity index (χ0) is 15.1. The Morgan fingerprint density at radius 2 is 2.14 bits per heavy atom. The molecule has 0 amide bonds. The molecule has 0 aliphatic heterocycles. The largest absolute Gasteiger partial charge is 0.461 e. The van der Waals surface area contributed by atoms with Crippen LogP contribution in [0.1, 0.15) is 34.0 Å². The highest BCUT2D eigenvalue weighted by atomic mass is 32.1. The fourth-order valence-electron chi connectivity index (χ4n) is 2.47. The van der Waals surface area contributed by atoms with E-state index in [4.69, 9.17) is 10.5 Å². The van der Waals surface area contributed by atoms with E-state index in [2.05, 4.69) is 0 Å². The van der Waals surface area contributed by atoms with E-state index in [9.17, 15) is 9.59 Å². The second kappa shape index (κ2) is 4.89. The van der Waals surface area contributed by atoms with Crippen LogP contribution in [0.15, 0.2) is 24.4 Å². The highest BCUT2D eigenvalue weighted by molar-refractivity contribution is 7.22. The second-order valence-electron chi connectivity index (χ2n) is 4.63. The van der Waals surface area contributed by atoms with Gasteiger partial charge in [0, 0.05) is 18.5 Å². The van der Waals surface area contributed by atoms with Crippen LogP contribution in [0.4, 0.5) is 5.69 Å². The van der Waals surface area contributed by atoms with Crippen LogP contribution in [-0.4, -0.2) is 22.8 Å². The molecule has 0 saturated heterocycles. The van der Waals surface area contributed by atoms with Gasteiger partial charge in [0.2, 0.25) is 0 Å². The number of aromatic nitrogens is 1. The number of hydrogen-bond acceptors (Lipinski definition) is 5. The van der Waals surface area contributed by atoms with Crippen LogP contribution in [0.3, 0.4) is 0 Å². The van der Waals surface area contributed by atoms with Gasteiger partial charge in [-0.1, -0.05) is 6.07 Å². The molecule has 5 nitrogen and oxygen atoms in total. The number of nitrogen functional groups attached to an aromatic ring is 1. The Kier molecular flexibility index (Phi) is 3.17. The lowest BCUT2D eigenvalue weighted by atomic mass is 10.2. The Labute approximate surface area is 124 Å². The van der Waals surface area contributed by atoms with Crippen molar-refractivity contribution in [3.8, 4) is 0 Å². The summed E-state index contributed by atoms with van der Waals surface area (Å²) in [6.07, 6.45) is 1.79. The summed E-state index contributed by atoms with van der Waals surface area (Å²) in [5, 5.41) is 0.744. The van der Waals surface area contributed by atoms with Crippen molar-refractivity contribution in [2.75, 3.05) is 12.3 Å². The summed E-state index contributed by atoms with van der Waals surface area (Å²) in [6, 6.07) is 5.58. The number of nitrogens with two attached hydrogens (primary N) is 1. The maximum atomic E-state index is 12.3. The minimum Gasteiger partial charge on any atom is -0.461 e. The molecule has 0 aromatic carbocycles. The van der Waals surface area contributed by atoms with E-state index in [1.54, 1.807) is 17.5 Å². The van der Waals surface area contributed by atoms with Crippen molar-refractivity contribution < 1.29 is 14.3 Å². The molecule has 6 heteroatoms. The maximum absolute atomic E-state index is 12.3. The van der Waals surface area contributed by atoms with E-state index >= 15 is 0 Å². The molecule has 0 aliphatic carbocycles. The lowest BCUT2D eigenvalue weighted by molar-refractivity contribution is 0.0521. The van der Waals surface area contributed by atoms with Crippen LogP contribution in [-0.2, 0) is 4.74 Å². The van der Waals surface area contributed by atoms with Crippen molar-refractivity contribution in [1.82, 2.24) is 4.40 Å². The molecule has 0 atom stereocenters. The molecule has 0 spiro atoms. The van der Waals surface area contributed by atoms with Gasteiger partial charge >= 0.3 is 5.97 Å². The number of carbonyl (C=O) groups excluding carboxylic acids is 2. The smallest absolute Gasteiger partial charge is 0.356 e. The summed E-state index contributed by atoms with van der Waals surface area (Å²) >= 11 is 1.24. The van der Waals surface area contributed by atoms with Gasteiger partial charge in [0.15, 0.2) is 5.78 Å². The number of rotatable bonds is 3. The molecular formula is C15H14N2O3S. The number of anilines is 1. The fourth-order valence-corrected chi connectivity index (χ4v) is 3.62. The standard InChI is InChI=1S/C15H14N2O3S/c1-3-20-15(19)12-14-10(9-6-4-5-7-17(9)12)11(16)13(21-14)8(2)18/h4-7H,3,16H2,1-2H3. The SMILES string of the molecule is CCOC(=O)c1c2sc(C(C)=O)c(N)c2c2ccccn12. The van der Waals surface area contributed by atoms with Gasteiger partial charge in [0.1, 0.15) is 5.69 Å². The number of Topliss-reactive ketones (excluding diaryl/α,β-unsaturated/α-hetero) is 1. The number of hydrogen-bond donors (Lipinski definition) is 1. The first kappa shape index (κ1) is 13.6. The van der Waals surface area contributed by atoms with Crippen LogP contribution in [0.5, 0.6) is 0 Å². The molecule has 3 aromatic heterocycles. The Morgan fingerprint density at radius 3 is 2.81 bits per heavy atom. The third-order valence-electron chi connectivity index (χ3n) is 3.31. The summed E-state index contributed by atoms with van der Waals surface area (Å²) in [6.45, 7) is 3.52. The van der Waals surface area contributed by atoms with Gasteiger partial charge in [0.25, 0.3) is 0 Å². The van der Waals surface area contributed by atoms with Crippen LogP contribution < -0.4 is 5.73 Å². The number of carbonyl (C=O) groups is 2. The van der Waals surface area contributed by atoms with Gasteiger partial charge in [-0.15, -0.1) is 11.3 Å². The molecule has 0 radical (unpaired) electrons. The Hall–Kier alpha value is -2.34. The molecule has 3 rings (SSSR count). The third-order valence-corrected chi connectivity index (χ3v) is 4.62. The molecular weight excluding hydrogens is 288 g/mol. The number of pyridine rings is 1. The number of esters is 1. The minimum atomic E-state index is -0.412. The molecule has 3 heterocycles. The van der Waals surface area contributed by atoms with Gasteiger partial charge < -0.3 is 14.9 Å². The number of ether oxygens (including phenoxy) is 1. The highest BCUT2D eigenvalue weighted by Crippen LogP contribution is 2.40. The van der Waals surface area contributed by atoms with Crippen molar-refractivity contribution in [3.05, 3.63) is 35.0 Å². The minimum absolute atomic E-state index is 0.0995. The molecule has 0 saturated carbocycles. The first-order chi connectivity index (χ1) is 10.1. The van der Waals surface area contributed by atoms with Gasteiger partial charge in [-0.05, 0) is 19.1 Å². The third kappa shape index (κ3) is 1.91. The van der Waals surface area contributed by atoms with Crippen molar-refractivity contribution in [3.63, 3.8) is 0 Å². The topological polar surface area (TPSA) is 73.8 Å². The van der Waals surface area contributed by atoms with E-state index < -0.39 is 5.97 Å². The van der Waals surface area contributed by atoms with Crippen molar-refractivity contribution in [1.29, 1.82) is 0 Å². The molecule has 21 heavy (non-hydrogen) atoms. The molecule has 108 valence electrons. The van der Waals surface area contributed by atoms with Crippen molar-refractivity contribution >= 4 is 44.4 Å². The zero-order valence-corrected chi connectivity index (χ0v) is 12.5. The van der Waals surface area contributed by atoms with E-state index in [-0.39, 0.29) is 5.78 Å². The number of nitrogens with zero attached hydrogens (tertiary/aromatic N) is 1. The monoisotopic (exact) mass is 302 g/mol. The molecule has 0 aliphatic rings. The quantitative estimate of drug-likeness (QED) is 0.596. The molecule has 0 unspecified atom stereocenters. The highest BCUT2D eigenvalue weighted by Gasteiger charge is 2.25. The molecule has 3 aromatic rings. The fraction of sp³-hybridized carbons (Fsp3) is 0.200. The average molecular weight is 302 g/mol. The average Bonchev–Trinajstić information content (AvgIpc) is 2.94. The zero-order valence-electron chi connectivity index (χ0n) is 11.7. The van der Waals surface area contributed by atoms with Crippen LogP contribution >= 0.6 is 11.3 Å². The lowest BCUT2D eigenvalue weighted by Crippen LogP contribution is -2.07. The van der Waals surface area contributed by atoms with Crippen molar-refractivity contribution in [2.45, 2.75) is 13.8 Å². The van der Waals surface area contributed by atoms with Gasteiger partial charge in [-0.3, -0.25) is 4.79 Å². The maximum Gasteiger partial charge on any atom is 0.356 e. The number of ketones is 1. The Bertz CT molecular complexity index is 876. The molecule has 0 bridgehead atoms. The Balaban J connectivity index is 2.44. The van der Waals surface area contributed by atoms with Crippen molar-refractivity contribution in [2.24, 2.45) is 0 Å². The van der Waals surface area contributed by atoms with Gasteiger partial charge in [-0.2, -0.15) is 0 Å². The normalized spacial score (nSPS) is 11.1. The first-order valence-electron chi connectivity index (χ1n) is 6.55. The van der Waals surface area contributed by atoms with Gasteiger partial charge in [-0.25, -0.2) is 4.79 Å². The van der Waals surface area contributed by atoms with Crippen LogP contribution in [0.2, 0.25) is 0 Å². The first-order valence-corrected chi connectivity index (χ1v) is 7.37. The predicted molar refractivity (Wildman–Crippen MR) is 83.2 cm³/mol. The lowest BCUT2D eigenvalue weighted by Gasteiger charge is -2.03. The number of thiophene rings is 1. The van der Waals surface area contributed by atoms with E-state index in [1.165, 1.54) is 18.3 Å². The summed E-state index contributed by atoms with van der Waals surface area (Å²) in [5.74, 6) is -0.511. The summed E-state index contributed by atoms with van der Waals surface area (Å²) in [5.41, 5.74) is 7.78. The Morgan fingerprint density at radius 1 is 1.38 bits per heavy atom. The van der Waals surface area contributed by atoms with Crippen LogP contribution in [0.25, 0.3) is 15.6 Å². The molecule has 2 N–H and O–H groups in total. The van der Waals surface area contributed by atoms with E-state index in [0.717, 1.165) is 10.9 Å². The summed E-state index contributed by atoms with van der Waals surface area (Å²) in [7, 11) is 0. The van der Waals surface area contributed by atoms with E-state index in [0.29, 0.717) is 27.6 Å². The summed E-state index contributed by atoms with van der Waals surface area (Å²) < 4.78 is 7.59. The predicted octanol–water partition coefficient (Wildman–Crippen LogP) is 3.12. The molecule has 0 fully saturated rings. The second-order valence-corrected chi connectivity index (χ2v) is 5.65. The van der Waals surface area contributed by atoms with E-state index in [1.807, 2.05) is 18.2 Å². The number of fused-ring (bicyclic) bond motifs is 3.